The summed E-state index contributed by atoms with van der Waals surface area (Å²) in [5, 5.41) is 12.1. The predicted octanol–water partition coefficient (Wildman–Crippen LogP) is 3.54. The van der Waals surface area contributed by atoms with Crippen LogP contribution in [0.2, 0.25) is 0 Å². The van der Waals surface area contributed by atoms with Crippen molar-refractivity contribution >= 4 is 28.1 Å². The first-order valence-corrected chi connectivity index (χ1v) is 8.98. The second kappa shape index (κ2) is 8.05. The van der Waals surface area contributed by atoms with Crippen molar-refractivity contribution < 1.29 is 14.3 Å². The third kappa shape index (κ3) is 4.17. The average molecular weight is 384 g/mol. The number of methoxy groups -OCH3 is 2. The van der Waals surface area contributed by atoms with Crippen LogP contribution in [-0.2, 0) is 0 Å². The van der Waals surface area contributed by atoms with Crippen molar-refractivity contribution in [3.63, 3.8) is 0 Å². The van der Waals surface area contributed by atoms with Crippen molar-refractivity contribution in [3.8, 4) is 22.1 Å². The van der Waals surface area contributed by atoms with Gasteiger partial charge in [-0.1, -0.05) is 11.3 Å². The SMILES string of the molecule is COc1ccc(-c2nnc(NC(=O)c3ccc(N(C)C)cc3)s2)cc1OC. The Balaban J connectivity index is 1.75. The Bertz CT molecular complexity index is 938. The molecule has 1 N–H and O–H groups in total. The summed E-state index contributed by atoms with van der Waals surface area (Å²) in [5.74, 6) is 1.02. The Morgan fingerprint density at radius 3 is 2.33 bits per heavy atom. The lowest BCUT2D eigenvalue weighted by Gasteiger charge is -2.12. The Labute approximate surface area is 161 Å². The minimum atomic E-state index is -0.227. The molecule has 0 radical (unpaired) electrons. The highest BCUT2D eigenvalue weighted by Crippen LogP contribution is 2.34. The van der Waals surface area contributed by atoms with Crippen LogP contribution in [0.5, 0.6) is 11.5 Å². The number of hydrogen-bond donors (Lipinski definition) is 1. The van der Waals surface area contributed by atoms with Crippen LogP contribution < -0.4 is 19.7 Å². The van der Waals surface area contributed by atoms with E-state index in [0.717, 1.165) is 11.3 Å². The zero-order valence-corrected chi connectivity index (χ0v) is 16.3. The Hall–Kier alpha value is -3.13. The van der Waals surface area contributed by atoms with Crippen molar-refractivity contribution in [1.29, 1.82) is 0 Å². The Morgan fingerprint density at radius 1 is 1.00 bits per heavy atom. The zero-order chi connectivity index (χ0) is 19.4. The highest BCUT2D eigenvalue weighted by molar-refractivity contribution is 7.18. The van der Waals surface area contributed by atoms with Gasteiger partial charge in [-0.15, -0.1) is 10.2 Å². The molecule has 0 spiro atoms. The van der Waals surface area contributed by atoms with Gasteiger partial charge in [0.15, 0.2) is 11.5 Å². The fourth-order valence-electron chi connectivity index (χ4n) is 2.44. The highest BCUT2D eigenvalue weighted by atomic mass is 32.1. The molecule has 2 aromatic carbocycles. The maximum absolute atomic E-state index is 12.4. The van der Waals surface area contributed by atoms with Crippen molar-refractivity contribution in [3.05, 3.63) is 48.0 Å². The lowest BCUT2D eigenvalue weighted by molar-refractivity contribution is 0.102. The smallest absolute Gasteiger partial charge is 0.257 e. The van der Waals surface area contributed by atoms with Crippen molar-refractivity contribution in [2.24, 2.45) is 0 Å². The van der Waals surface area contributed by atoms with Gasteiger partial charge in [0.2, 0.25) is 5.13 Å². The Morgan fingerprint density at radius 2 is 1.70 bits per heavy atom. The third-order valence-corrected chi connectivity index (χ3v) is 4.81. The van der Waals surface area contributed by atoms with E-state index in [-0.39, 0.29) is 5.91 Å². The van der Waals surface area contributed by atoms with E-state index in [1.165, 1.54) is 11.3 Å². The summed E-state index contributed by atoms with van der Waals surface area (Å²) in [6, 6.07) is 12.8. The van der Waals surface area contributed by atoms with E-state index in [4.69, 9.17) is 9.47 Å². The zero-order valence-electron chi connectivity index (χ0n) is 15.5. The molecule has 8 heteroatoms. The number of carbonyl (C=O) groups excluding carboxylic acids is 1. The van der Waals surface area contributed by atoms with Gasteiger partial charge in [0.25, 0.3) is 5.91 Å². The van der Waals surface area contributed by atoms with Crippen LogP contribution in [0.15, 0.2) is 42.5 Å². The van der Waals surface area contributed by atoms with Gasteiger partial charge in [-0.05, 0) is 42.5 Å². The van der Waals surface area contributed by atoms with E-state index in [1.807, 2.05) is 43.3 Å². The number of carbonyl (C=O) groups is 1. The largest absolute Gasteiger partial charge is 0.493 e. The minimum Gasteiger partial charge on any atom is -0.493 e. The van der Waals surface area contributed by atoms with Crippen molar-refractivity contribution in [2.75, 3.05) is 38.5 Å². The fraction of sp³-hybridized carbons (Fsp3) is 0.211. The predicted molar refractivity (Wildman–Crippen MR) is 107 cm³/mol. The molecular weight excluding hydrogens is 364 g/mol. The standard InChI is InChI=1S/C19H20N4O3S/c1-23(2)14-8-5-12(6-9-14)17(24)20-19-22-21-18(27-19)13-7-10-15(25-3)16(11-13)26-4/h5-11H,1-4H3,(H,20,22,24). The van der Waals surface area contributed by atoms with E-state index >= 15 is 0 Å². The van der Waals surface area contributed by atoms with Gasteiger partial charge >= 0.3 is 0 Å². The van der Waals surface area contributed by atoms with Crippen LogP contribution in [0.3, 0.4) is 0 Å². The van der Waals surface area contributed by atoms with Gasteiger partial charge in [0.1, 0.15) is 5.01 Å². The summed E-state index contributed by atoms with van der Waals surface area (Å²) in [5.41, 5.74) is 2.42. The van der Waals surface area contributed by atoms with Gasteiger partial charge in [0.05, 0.1) is 14.2 Å². The summed E-state index contributed by atoms with van der Waals surface area (Å²) in [6.45, 7) is 0. The van der Waals surface area contributed by atoms with E-state index in [9.17, 15) is 4.79 Å². The molecule has 3 aromatic rings. The van der Waals surface area contributed by atoms with E-state index in [0.29, 0.717) is 27.2 Å². The summed E-state index contributed by atoms with van der Waals surface area (Å²) in [6.07, 6.45) is 0. The average Bonchev–Trinajstić information content (AvgIpc) is 3.15. The van der Waals surface area contributed by atoms with Crippen LogP contribution in [0, 0.1) is 0 Å². The van der Waals surface area contributed by atoms with Gasteiger partial charge in [0, 0.05) is 30.9 Å². The third-order valence-electron chi connectivity index (χ3n) is 3.92. The second-order valence-electron chi connectivity index (χ2n) is 5.88. The number of nitrogens with zero attached hydrogens (tertiary/aromatic N) is 3. The molecular formula is C19H20N4O3S. The molecule has 0 aliphatic carbocycles. The van der Waals surface area contributed by atoms with Gasteiger partial charge in [-0.25, -0.2) is 0 Å². The highest BCUT2D eigenvalue weighted by Gasteiger charge is 2.13. The van der Waals surface area contributed by atoms with E-state index < -0.39 is 0 Å². The molecule has 0 unspecified atom stereocenters. The molecule has 0 fully saturated rings. The molecule has 0 saturated heterocycles. The van der Waals surface area contributed by atoms with E-state index in [2.05, 4.69) is 15.5 Å². The maximum Gasteiger partial charge on any atom is 0.257 e. The van der Waals surface area contributed by atoms with Gasteiger partial charge < -0.3 is 14.4 Å². The summed E-state index contributed by atoms with van der Waals surface area (Å²) in [7, 11) is 7.06. The molecule has 0 aliphatic rings. The van der Waals surface area contributed by atoms with Crippen LogP contribution >= 0.6 is 11.3 Å². The molecule has 0 bridgehead atoms. The molecule has 1 amide bonds. The van der Waals surface area contributed by atoms with Crippen molar-refractivity contribution in [2.45, 2.75) is 0 Å². The monoisotopic (exact) mass is 384 g/mol. The van der Waals surface area contributed by atoms with Crippen LogP contribution in [0.1, 0.15) is 10.4 Å². The Kier molecular flexibility index (Phi) is 5.56. The summed E-state index contributed by atoms with van der Waals surface area (Å²) in [4.78, 5) is 14.4. The normalized spacial score (nSPS) is 10.4. The summed E-state index contributed by atoms with van der Waals surface area (Å²) >= 11 is 1.29. The number of anilines is 2. The molecule has 1 heterocycles. The molecule has 3 rings (SSSR count). The number of benzene rings is 2. The molecule has 7 nitrogen and oxygen atoms in total. The van der Waals surface area contributed by atoms with Crippen LogP contribution in [0.25, 0.3) is 10.6 Å². The first-order chi connectivity index (χ1) is 13.0. The molecule has 0 aliphatic heterocycles. The van der Waals surface area contributed by atoms with Gasteiger partial charge in [-0.3, -0.25) is 10.1 Å². The van der Waals surface area contributed by atoms with E-state index in [1.54, 1.807) is 32.4 Å². The molecule has 0 atom stereocenters. The van der Waals surface area contributed by atoms with Crippen molar-refractivity contribution in [1.82, 2.24) is 10.2 Å². The first kappa shape index (κ1) is 18.7. The lowest BCUT2D eigenvalue weighted by Crippen LogP contribution is -2.13. The molecule has 140 valence electrons. The summed E-state index contributed by atoms with van der Waals surface area (Å²) < 4.78 is 10.6. The number of amides is 1. The number of ether oxygens (including phenoxy) is 2. The minimum absolute atomic E-state index is 0.227. The molecule has 27 heavy (non-hydrogen) atoms. The topological polar surface area (TPSA) is 76.6 Å². The van der Waals surface area contributed by atoms with Gasteiger partial charge in [-0.2, -0.15) is 0 Å². The number of aromatic nitrogens is 2. The number of rotatable bonds is 6. The first-order valence-electron chi connectivity index (χ1n) is 8.16. The van der Waals surface area contributed by atoms with Crippen LogP contribution in [0.4, 0.5) is 10.8 Å². The second-order valence-corrected chi connectivity index (χ2v) is 6.86. The maximum atomic E-state index is 12.4. The molecule has 1 aromatic heterocycles. The molecule has 0 saturated carbocycles. The quantitative estimate of drug-likeness (QED) is 0.700. The number of nitrogens with one attached hydrogen (secondary N) is 1. The fourth-order valence-corrected chi connectivity index (χ4v) is 3.17. The van der Waals surface area contributed by atoms with Crippen LogP contribution in [-0.4, -0.2) is 44.4 Å². The number of hydrogen-bond acceptors (Lipinski definition) is 7. The lowest BCUT2D eigenvalue weighted by atomic mass is 10.2.